The molecule has 0 atom stereocenters. The van der Waals surface area contributed by atoms with Crippen molar-refractivity contribution in [3.63, 3.8) is 0 Å². The fourth-order valence-corrected chi connectivity index (χ4v) is 1.34. The third-order valence-electron chi connectivity index (χ3n) is 1.82. The van der Waals surface area contributed by atoms with Gasteiger partial charge in [0.2, 0.25) is 0 Å². The Morgan fingerprint density at radius 1 is 1.21 bits per heavy atom. The minimum absolute atomic E-state index is 0.289. The molecular formula is C12H15NO. The summed E-state index contributed by atoms with van der Waals surface area (Å²) in [5.74, 6) is 0.602. The Hall–Kier alpha value is -1.49. The number of nitriles is 1. The van der Waals surface area contributed by atoms with Crippen LogP contribution in [0.25, 0.3) is 0 Å². The van der Waals surface area contributed by atoms with Gasteiger partial charge in [-0.1, -0.05) is 32.9 Å². The smallest absolute Gasteiger partial charge is 0.292 e. The number of rotatable bonds is 2. The minimum Gasteiger partial charge on any atom is -0.388 e. The van der Waals surface area contributed by atoms with Crippen LogP contribution >= 0.6 is 0 Å². The highest BCUT2D eigenvalue weighted by Gasteiger charge is 2.10. The Kier molecular flexibility index (Phi) is 3.14. The average Bonchev–Trinajstić information content (AvgIpc) is 2.06. The van der Waals surface area contributed by atoms with E-state index in [1.165, 1.54) is 5.56 Å². The summed E-state index contributed by atoms with van der Waals surface area (Å²) in [4.78, 5) is 0. The molecule has 2 nitrogen and oxygen atoms in total. The van der Waals surface area contributed by atoms with E-state index in [0.29, 0.717) is 5.75 Å². The van der Waals surface area contributed by atoms with E-state index in [1.807, 2.05) is 24.3 Å². The van der Waals surface area contributed by atoms with Crippen molar-refractivity contribution in [2.45, 2.75) is 27.2 Å². The van der Waals surface area contributed by atoms with Gasteiger partial charge in [0.1, 0.15) is 5.75 Å². The van der Waals surface area contributed by atoms with Gasteiger partial charge in [-0.05, 0) is 29.5 Å². The van der Waals surface area contributed by atoms with Crippen LogP contribution in [0.5, 0.6) is 5.75 Å². The van der Waals surface area contributed by atoms with Crippen molar-refractivity contribution < 1.29 is 4.74 Å². The first-order valence-electron chi connectivity index (χ1n) is 4.66. The van der Waals surface area contributed by atoms with Crippen molar-refractivity contribution in [2.75, 3.05) is 0 Å². The maximum Gasteiger partial charge on any atom is 0.292 e. The Labute approximate surface area is 85.1 Å². The zero-order valence-corrected chi connectivity index (χ0v) is 8.87. The second kappa shape index (κ2) is 4.15. The van der Waals surface area contributed by atoms with Gasteiger partial charge in [-0.3, -0.25) is 0 Å². The number of benzene rings is 1. The van der Waals surface area contributed by atoms with Crippen molar-refractivity contribution >= 4 is 0 Å². The van der Waals surface area contributed by atoms with Gasteiger partial charge in [-0.2, -0.15) is 0 Å². The lowest BCUT2D eigenvalue weighted by Gasteiger charge is -2.17. The zero-order chi connectivity index (χ0) is 10.6. The monoisotopic (exact) mass is 189 g/mol. The second-order valence-corrected chi connectivity index (χ2v) is 4.57. The predicted molar refractivity (Wildman–Crippen MR) is 55.8 cm³/mol. The fraction of sp³-hybridized carbons (Fsp3) is 0.417. The van der Waals surface area contributed by atoms with Crippen molar-refractivity contribution in [2.24, 2.45) is 5.41 Å². The molecule has 0 fully saturated rings. The maximum absolute atomic E-state index is 8.30. The van der Waals surface area contributed by atoms with E-state index < -0.39 is 0 Å². The molecule has 0 saturated heterocycles. The van der Waals surface area contributed by atoms with Crippen LogP contribution in [0.15, 0.2) is 24.3 Å². The van der Waals surface area contributed by atoms with Crippen LogP contribution in [-0.4, -0.2) is 0 Å². The van der Waals surface area contributed by atoms with Crippen LogP contribution < -0.4 is 4.74 Å². The van der Waals surface area contributed by atoms with Gasteiger partial charge in [-0.25, -0.2) is 0 Å². The molecular weight excluding hydrogens is 174 g/mol. The molecule has 14 heavy (non-hydrogen) atoms. The van der Waals surface area contributed by atoms with E-state index in [-0.39, 0.29) is 5.41 Å². The van der Waals surface area contributed by atoms with E-state index in [0.717, 1.165) is 6.42 Å². The minimum atomic E-state index is 0.289. The summed E-state index contributed by atoms with van der Waals surface area (Å²) in [7, 11) is 0. The van der Waals surface area contributed by atoms with Gasteiger partial charge in [-0.15, -0.1) is 5.26 Å². The highest BCUT2D eigenvalue weighted by molar-refractivity contribution is 5.28. The molecule has 0 heterocycles. The van der Waals surface area contributed by atoms with Gasteiger partial charge in [0.15, 0.2) is 0 Å². The van der Waals surface area contributed by atoms with Crippen LogP contribution in [0, 0.1) is 16.9 Å². The van der Waals surface area contributed by atoms with Crippen molar-refractivity contribution in [1.29, 1.82) is 5.26 Å². The number of nitrogens with zero attached hydrogens (tertiary/aromatic N) is 1. The lowest BCUT2D eigenvalue weighted by molar-refractivity contribution is 0.411. The molecule has 0 bridgehead atoms. The number of hydrogen-bond acceptors (Lipinski definition) is 2. The predicted octanol–water partition coefficient (Wildman–Crippen LogP) is 3.14. The maximum atomic E-state index is 8.30. The molecule has 0 aliphatic heterocycles. The van der Waals surface area contributed by atoms with Gasteiger partial charge in [0.25, 0.3) is 6.26 Å². The van der Waals surface area contributed by atoms with Gasteiger partial charge in [0.05, 0.1) is 0 Å². The van der Waals surface area contributed by atoms with Crippen LogP contribution in [0.4, 0.5) is 0 Å². The molecule has 0 aromatic heterocycles. The van der Waals surface area contributed by atoms with E-state index >= 15 is 0 Å². The lowest BCUT2D eigenvalue weighted by atomic mass is 9.88. The van der Waals surface area contributed by atoms with E-state index in [4.69, 9.17) is 10.00 Å². The summed E-state index contributed by atoms with van der Waals surface area (Å²) in [5, 5.41) is 8.30. The molecule has 0 radical (unpaired) electrons. The molecule has 2 heteroatoms. The van der Waals surface area contributed by atoms with E-state index in [2.05, 4.69) is 20.8 Å². The third kappa shape index (κ3) is 3.49. The summed E-state index contributed by atoms with van der Waals surface area (Å²) in [6, 6.07) is 7.64. The quantitative estimate of drug-likeness (QED) is 0.669. The topological polar surface area (TPSA) is 33.0 Å². The molecule has 1 rings (SSSR count). The number of hydrogen-bond donors (Lipinski definition) is 0. The molecule has 0 unspecified atom stereocenters. The van der Waals surface area contributed by atoms with E-state index in [1.54, 1.807) is 6.26 Å². The molecule has 0 amide bonds. The van der Waals surface area contributed by atoms with Crippen LogP contribution in [0.1, 0.15) is 26.3 Å². The van der Waals surface area contributed by atoms with Crippen molar-refractivity contribution in [3.05, 3.63) is 29.8 Å². The fourth-order valence-electron chi connectivity index (χ4n) is 1.34. The van der Waals surface area contributed by atoms with Gasteiger partial charge >= 0.3 is 0 Å². The van der Waals surface area contributed by atoms with Crippen molar-refractivity contribution in [1.82, 2.24) is 0 Å². The largest absolute Gasteiger partial charge is 0.388 e. The Bertz CT molecular complexity index is 327. The molecule has 0 aliphatic carbocycles. The van der Waals surface area contributed by atoms with E-state index in [9.17, 15) is 0 Å². The third-order valence-corrected chi connectivity index (χ3v) is 1.82. The van der Waals surface area contributed by atoms with Crippen molar-refractivity contribution in [3.8, 4) is 12.0 Å². The Balaban J connectivity index is 2.70. The normalized spacial score (nSPS) is 10.7. The molecule has 0 aliphatic rings. The summed E-state index contributed by atoms with van der Waals surface area (Å²) in [6.07, 6.45) is 2.68. The highest BCUT2D eigenvalue weighted by Crippen LogP contribution is 2.22. The summed E-state index contributed by atoms with van der Waals surface area (Å²) in [6.45, 7) is 6.60. The Morgan fingerprint density at radius 3 is 2.21 bits per heavy atom. The summed E-state index contributed by atoms with van der Waals surface area (Å²) in [5.41, 5.74) is 1.56. The van der Waals surface area contributed by atoms with Crippen LogP contribution in [-0.2, 0) is 6.42 Å². The molecule has 1 aromatic rings. The first-order valence-corrected chi connectivity index (χ1v) is 4.66. The Morgan fingerprint density at radius 2 is 1.79 bits per heavy atom. The van der Waals surface area contributed by atoms with Gasteiger partial charge in [0, 0.05) is 0 Å². The standard InChI is InChI=1S/C12H15NO/c1-12(2,3)8-10-4-6-11(7-5-10)14-9-13/h4-7H,8H2,1-3H3. The first-order chi connectivity index (χ1) is 6.51. The summed E-state index contributed by atoms with van der Waals surface area (Å²) < 4.78 is 4.70. The lowest BCUT2D eigenvalue weighted by Crippen LogP contribution is -2.08. The second-order valence-electron chi connectivity index (χ2n) is 4.57. The highest BCUT2D eigenvalue weighted by atomic mass is 16.5. The molecule has 74 valence electrons. The molecule has 0 saturated carbocycles. The molecule has 1 aromatic carbocycles. The van der Waals surface area contributed by atoms with Crippen LogP contribution in [0.2, 0.25) is 0 Å². The first kappa shape index (κ1) is 10.6. The number of ether oxygens (including phenoxy) is 1. The zero-order valence-electron chi connectivity index (χ0n) is 8.87. The summed E-state index contributed by atoms with van der Waals surface area (Å²) >= 11 is 0. The SMILES string of the molecule is CC(C)(C)Cc1ccc(OC#N)cc1. The van der Waals surface area contributed by atoms with Gasteiger partial charge < -0.3 is 4.74 Å². The molecule has 0 spiro atoms. The average molecular weight is 189 g/mol. The van der Waals surface area contributed by atoms with Crippen LogP contribution in [0.3, 0.4) is 0 Å². The molecule has 0 N–H and O–H groups in total.